The lowest BCUT2D eigenvalue weighted by Gasteiger charge is -2.54. The molecule has 1 aromatic rings. The van der Waals surface area contributed by atoms with Crippen molar-refractivity contribution in [3.05, 3.63) is 33.4 Å². The van der Waals surface area contributed by atoms with Gasteiger partial charge in [0.05, 0.1) is 67.4 Å². The molecule has 6 aliphatic rings. The summed E-state index contributed by atoms with van der Waals surface area (Å²) in [6, 6.07) is 0. The Morgan fingerprint density at radius 1 is 0.976 bits per heavy atom. The molecular formula is C29H34O13. The SMILES string of the molecule is COC(=O)C[C@@H]1O[C@@H](C)C2=C(C(=O)c3c(O)c4c(c(O)c3C2=O)[C@@]2(O)[C@H](C)O[C@H]4C[C@@H]2O[C@@H]2CC[C@H](O)[C@H](C)O2)[C@@H]1O. The predicted octanol–water partition coefficient (Wildman–Crippen LogP) is 0.807. The first-order chi connectivity index (χ1) is 19.8. The van der Waals surface area contributed by atoms with Crippen molar-refractivity contribution in [2.45, 2.75) is 107 Å². The summed E-state index contributed by atoms with van der Waals surface area (Å²) in [7, 11) is 1.16. The molecule has 2 saturated heterocycles. The molecule has 0 saturated carbocycles. The maximum atomic E-state index is 13.9. The molecule has 228 valence electrons. The molecule has 4 aliphatic heterocycles. The van der Waals surface area contributed by atoms with Crippen molar-refractivity contribution < 1.29 is 63.6 Å². The number of phenols is 2. The van der Waals surface area contributed by atoms with Crippen LogP contribution >= 0.6 is 0 Å². The molecule has 2 bridgehead atoms. The molecular weight excluding hydrogens is 556 g/mol. The summed E-state index contributed by atoms with van der Waals surface area (Å²) >= 11 is 0. The molecule has 5 N–H and O–H groups in total. The Morgan fingerprint density at radius 2 is 1.64 bits per heavy atom. The van der Waals surface area contributed by atoms with E-state index in [1.54, 1.807) is 13.8 Å². The molecule has 0 radical (unpaired) electrons. The van der Waals surface area contributed by atoms with Gasteiger partial charge < -0.3 is 49.2 Å². The monoisotopic (exact) mass is 590 g/mol. The Hall–Kier alpha value is -2.91. The van der Waals surface area contributed by atoms with Crippen LogP contribution in [0.15, 0.2) is 11.1 Å². The number of esters is 1. The van der Waals surface area contributed by atoms with Crippen LogP contribution in [0.4, 0.5) is 0 Å². The van der Waals surface area contributed by atoms with Gasteiger partial charge >= 0.3 is 5.97 Å². The number of aromatic hydroxyl groups is 2. The standard InChI is InChI=1S/C29H34O13/c1-9-12(30)5-6-17(40-9)42-15-7-13-19-23(29(15,37)11(3)41-13)28(36)22-21(26(19)34)27(35)20-18(25(22)33)10(2)39-14(24(20)32)8-16(31)38-4/h9-15,17,24,30,32,34,36-37H,5-8H2,1-4H3/t9-,10-,11-,12-,13-,14-,15-,17+,24+,29+/m0/s1. The van der Waals surface area contributed by atoms with E-state index in [-0.39, 0.29) is 35.1 Å². The van der Waals surface area contributed by atoms with E-state index in [2.05, 4.69) is 4.74 Å². The van der Waals surface area contributed by atoms with Gasteiger partial charge in [0, 0.05) is 35.1 Å². The third kappa shape index (κ3) is 3.99. The van der Waals surface area contributed by atoms with Gasteiger partial charge in [0.2, 0.25) is 0 Å². The van der Waals surface area contributed by atoms with Crippen LogP contribution in [-0.2, 0) is 34.1 Å². The van der Waals surface area contributed by atoms with Crippen molar-refractivity contribution in [2.24, 2.45) is 0 Å². The number of benzene rings is 1. The molecule has 1 aromatic carbocycles. The fraction of sp³-hybridized carbons (Fsp3) is 0.621. The summed E-state index contributed by atoms with van der Waals surface area (Å²) in [6.07, 6.45) is -8.33. The molecule has 42 heavy (non-hydrogen) atoms. The summed E-state index contributed by atoms with van der Waals surface area (Å²) in [5.74, 6) is -3.84. The maximum Gasteiger partial charge on any atom is 0.308 e. The van der Waals surface area contributed by atoms with E-state index in [0.717, 1.165) is 7.11 Å². The van der Waals surface area contributed by atoms with E-state index in [1.165, 1.54) is 6.92 Å². The molecule has 7 rings (SSSR count). The highest BCUT2D eigenvalue weighted by molar-refractivity contribution is 6.30. The van der Waals surface area contributed by atoms with Crippen LogP contribution in [-0.4, -0.2) is 99.2 Å². The lowest BCUT2D eigenvalue weighted by atomic mass is 9.66. The number of Topliss-reactive ketones (excluding diaryl/α,β-unsaturated/α-hetero) is 2. The second-order valence-electron chi connectivity index (χ2n) is 11.6. The van der Waals surface area contributed by atoms with Gasteiger partial charge in [-0.2, -0.15) is 0 Å². The first kappa shape index (κ1) is 29.2. The van der Waals surface area contributed by atoms with Crippen LogP contribution in [0.2, 0.25) is 0 Å². The van der Waals surface area contributed by atoms with Gasteiger partial charge in [-0.3, -0.25) is 14.4 Å². The summed E-state index contributed by atoms with van der Waals surface area (Å²) in [4.78, 5) is 39.7. The Kier molecular flexibility index (Phi) is 7.00. The van der Waals surface area contributed by atoms with E-state index in [4.69, 9.17) is 18.9 Å². The molecule has 2 fully saturated rings. The molecule has 13 nitrogen and oxygen atoms in total. The van der Waals surface area contributed by atoms with Crippen molar-refractivity contribution >= 4 is 17.5 Å². The lowest BCUT2D eigenvalue weighted by molar-refractivity contribution is -0.311. The van der Waals surface area contributed by atoms with Gasteiger partial charge in [-0.15, -0.1) is 0 Å². The molecule has 0 unspecified atom stereocenters. The molecule has 0 spiro atoms. The number of aliphatic hydroxyl groups excluding tert-OH is 2. The minimum absolute atomic E-state index is 0.0290. The highest BCUT2D eigenvalue weighted by atomic mass is 16.7. The van der Waals surface area contributed by atoms with Crippen molar-refractivity contribution in [3.63, 3.8) is 0 Å². The average Bonchev–Trinajstić information content (AvgIpc) is 2.93. The summed E-state index contributed by atoms with van der Waals surface area (Å²) in [6.45, 7) is 4.74. The van der Waals surface area contributed by atoms with E-state index in [0.29, 0.717) is 12.8 Å². The van der Waals surface area contributed by atoms with E-state index >= 15 is 0 Å². The van der Waals surface area contributed by atoms with Gasteiger partial charge in [0.15, 0.2) is 17.9 Å². The van der Waals surface area contributed by atoms with Gasteiger partial charge in [0.25, 0.3) is 0 Å². The molecule has 2 aliphatic carbocycles. The summed E-state index contributed by atoms with van der Waals surface area (Å²) in [5, 5.41) is 56.3. The van der Waals surface area contributed by atoms with Crippen molar-refractivity contribution in [1.82, 2.24) is 0 Å². The smallest absolute Gasteiger partial charge is 0.308 e. The number of aliphatic hydroxyl groups is 3. The third-order valence-corrected chi connectivity index (χ3v) is 9.30. The molecule has 4 heterocycles. The second-order valence-corrected chi connectivity index (χ2v) is 11.6. The van der Waals surface area contributed by atoms with Crippen LogP contribution in [0, 0.1) is 0 Å². The van der Waals surface area contributed by atoms with Crippen molar-refractivity contribution in [3.8, 4) is 11.5 Å². The Labute approximate surface area is 240 Å². The zero-order valence-corrected chi connectivity index (χ0v) is 23.5. The van der Waals surface area contributed by atoms with Gasteiger partial charge in [-0.25, -0.2) is 0 Å². The van der Waals surface area contributed by atoms with Crippen LogP contribution in [0.25, 0.3) is 0 Å². The Balaban J connectivity index is 1.44. The van der Waals surface area contributed by atoms with Crippen molar-refractivity contribution in [1.29, 1.82) is 0 Å². The number of rotatable bonds is 4. The summed E-state index contributed by atoms with van der Waals surface area (Å²) < 4.78 is 28.3. The summed E-state index contributed by atoms with van der Waals surface area (Å²) in [5.41, 5.74) is -3.89. The lowest BCUT2D eigenvalue weighted by Crippen LogP contribution is -2.60. The number of hydrogen-bond acceptors (Lipinski definition) is 13. The number of carbonyl (C=O) groups is 3. The zero-order chi connectivity index (χ0) is 30.4. The third-order valence-electron chi connectivity index (χ3n) is 9.30. The average molecular weight is 591 g/mol. The van der Waals surface area contributed by atoms with Gasteiger partial charge in [-0.05, 0) is 27.2 Å². The Bertz CT molecular complexity index is 1400. The highest BCUT2D eigenvalue weighted by Gasteiger charge is 2.61. The minimum Gasteiger partial charge on any atom is -0.507 e. The number of carbonyl (C=O) groups excluding carboxylic acids is 3. The quantitative estimate of drug-likeness (QED) is 0.244. The molecule has 13 heteroatoms. The second kappa shape index (κ2) is 10.1. The number of hydrogen-bond donors (Lipinski definition) is 5. The fourth-order valence-electron chi connectivity index (χ4n) is 7.09. The number of ketones is 2. The molecule has 0 aromatic heterocycles. The highest BCUT2D eigenvalue weighted by Crippen LogP contribution is 2.60. The number of fused-ring (bicyclic) bond motifs is 3. The largest absolute Gasteiger partial charge is 0.507 e. The van der Waals surface area contributed by atoms with E-state index in [1.807, 2.05) is 0 Å². The topological polar surface area (TPSA) is 199 Å². The maximum absolute atomic E-state index is 13.9. The van der Waals surface area contributed by atoms with Crippen LogP contribution < -0.4 is 0 Å². The predicted molar refractivity (Wildman–Crippen MR) is 139 cm³/mol. The van der Waals surface area contributed by atoms with E-state index < -0.39 is 101 Å². The van der Waals surface area contributed by atoms with Crippen LogP contribution in [0.5, 0.6) is 11.5 Å². The molecule has 0 amide bonds. The fourth-order valence-corrected chi connectivity index (χ4v) is 7.09. The van der Waals surface area contributed by atoms with E-state index in [9.17, 15) is 39.9 Å². The Morgan fingerprint density at radius 3 is 2.31 bits per heavy atom. The number of methoxy groups -OCH3 is 1. The minimum atomic E-state index is -2.05. The number of phenolic OH excluding ortho intramolecular Hbond substituents is 2. The van der Waals surface area contributed by atoms with Gasteiger partial charge in [-0.1, -0.05) is 0 Å². The number of ether oxygens (including phenoxy) is 5. The van der Waals surface area contributed by atoms with Gasteiger partial charge in [0.1, 0.15) is 23.2 Å². The van der Waals surface area contributed by atoms with Crippen LogP contribution in [0.3, 0.4) is 0 Å². The van der Waals surface area contributed by atoms with Crippen molar-refractivity contribution in [2.75, 3.05) is 7.11 Å². The normalized spacial score (nSPS) is 39.1. The van der Waals surface area contributed by atoms with Crippen LogP contribution in [0.1, 0.15) is 84.4 Å². The molecule has 10 atom stereocenters. The first-order valence-electron chi connectivity index (χ1n) is 14.0. The first-order valence-corrected chi connectivity index (χ1v) is 14.0. The zero-order valence-electron chi connectivity index (χ0n) is 23.5.